The number of hydrogen-bond donors (Lipinski definition) is 3. The van der Waals surface area contributed by atoms with Gasteiger partial charge in [0.25, 0.3) is 0 Å². The van der Waals surface area contributed by atoms with Gasteiger partial charge in [0.2, 0.25) is 0 Å². The Labute approximate surface area is 69.8 Å². The number of aryl methyl sites for hydroxylation is 1. The Kier molecular flexibility index (Phi) is 2.35. The molecule has 0 aromatic heterocycles. The van der Waals surface area contributed by atoms with Crippen molar-refractivity contribution in [1.82, 2.24) is 0 Å². The molecule has 0 atom stereocenters. The van der Waals surface area contributed by atoms with Gasteiger partial charge in [-0.2, -0.15) is 0 Å². The Morgan fingerprint density at radius 1 is 1.42 bits per heavy atom. The molecule has 5 heteroatoms. The Morgan fingerprint density at radius 3 is 2.50 bits per heavy atom. The third-order valence-corrected chi connectivity index (χ3v) is 1.55. The smallest absolute Gasteiger partial charge is 0.423 e. The molecule has 0 heterocycles. The minimum Gasteiger partial charge on any atom is -0.423 e. The monoisotopic (exact) mass is 169 g/mol. The molecule has 0 aliphatic rings. The molecule has 12 heavy (non-hydrogen) atoms. The highest BCUT2D eigenvalue weighted by atomic mass is 19.1. The van der Waals surface area contributed by atoms with Crippen LogP contribution in [0.2, 0.25) is 0 Å². The third kappa shape index (κ3) is 1.57. The lowest BCUT2D eigenvalue weighted by Crippen LogP contribution is -2.33. The van der Waals surface area contributed by atoms with Crippen molar-refractivity contribution < 1.29 is 14.4 Å². The molecule has 0 amide bonds. The fourth-order valence-corrected chi connectivity index (χ4v) is 1.01. The van der Waals surface area contributed by atoms with Crippen LogP contribution in [0.3, 0.4) is 0 Å². The lowest BCUT2D eigenvalue weighted by Gasteiger charge is -2.05. The van der Waals surface area contributed by atoms with Crippen LogP contribution in [0.15, 0.2) is 12.1 Å². The van der Waals surface area contributed by atoms with Gasteiger partial charge in [0, 0.05) is 5.46 Å². The predicted molar refractivity (Wildman–Crippen MR) is 45.4 cm³/mol. The zero-order chi connectivity index (χ0) is 9.30. The molecule has 0 aliphatic heterocycles. The Bertz CT molecular complexity index is 304. The molecule has 0 saturated heterocycles. The molecule has 0 radical (unpaired) electrons. The molecule has 0 fully saturated rings. The largest absolute Gasteiger partial charge is 0.491 e. The Morgan fingerprint density at radius 2 is 2.00 bits per heavy atom. The molecule has 0 unspecified atom stereocenters. The molecule has 4 N–H and O–H groups in total. The third-order valence-electron chi connectivity index (χ3n) is 1.55. The number of nitrogens with two attached hydrogens (primary N) is 1. The summed E-state index contributed by atoms with van der Waals surface area (Å²) >= 11 is 0. The predicted octanol–water partition coefficient (Wildman–Crippen LogP) is -0.604. The van der Waals surface area contributed by atoms with Crippen LogP contribution >= 0.6 is 0 Å². The summed E-state index contributed by atoms with van der Waals surface area (Å²) in [6.45, 7) is 1.70. The zero-order valence-corrected chi connectivity index (χ0v) is 6.58. The van der Waals surface area contributed by atoms with E-state index < -0.39 is 12.9 Å². The summed E-state index contributed by atoms with van der Waals surface area (Å²) in [5, 5.41) is 17.4. The fraction of sp³-hybridized carbons (Fsp3) is 0.143. The molecule has 1 aromatic carbocycles. The van der Waals surface area contributed by atoms with Crippen molar-refractivity contribution in [3.63, 3.8) is 0 Å². The molecule has 0 aliphatic carbocycles. The molecular formula is C7H9BFNO2. The number of hydrogen-bond acceptors (Lipinski definition) is 3. The van der Waals surface area contributed by atoms with Crippen molar-refractivity contribution >= 4 is 18.3 Å². The van der Waals surface area contributed by atoms with Crippen LogP contribution in [0.1, 0.15) is 5.56 Å². The lowest BCUT2D eigenvalue weighted by molar-refractivity contribution is 0.423. The summed E-state index contributed by atoms with van der Waals surface area (Å²) in [6.07, 6.45) is 0. The second-order valence-electron chi connectivity index (χ2n) is 2.63. The number of nitrogen functional groups attached to an aromatic ring is 1. The van der Waals surface area contributed by atoms with E-state index in [4.69, 9.17) is 15.8 Å². The van der Waals surface area contributed by atoms with E-state index in [1.54, 1.807) is 6.92 Å². The first kappa shape index (κ1) is 9.03. The van der Waals surface area contributed by atoms with Gasteiger partial charge in [-0.05, 0) is 18.6 Å². The van der Waals surface area contributed by atoms with Gasteiger partial charge in [-0.25, -0.2) is 4.39 Å². The van der Waals surface area contributed by atoms with Gasteiger partial charge < -0.3 is 15.8 Å². The number of anilines is 1. The van der Waals surface area contributed by atoms with Crippen LogP contribution in [-0.2, 0) is 0 Å². The molecule has 1 rings (SSSR count). The van der Waals surface area contributed by atoms with Gasteiger partial charge in [0.1, 0.15) is 5.82 Å². The lowest BCUT2D eigenvalue weighted by atomic mass is 9.79. The zero-order valence-electron chi connectivity index (χ0n) is 6.58. The van der Waals surface area contributed by atoms with E-state index in [0.29, 0.717) is 5.56 Å². The highest BCUT2D eigenvalue weighted by molar-refractivity contribution is 6.58. The summed E-state index contributed by atoms with van der Waals surface area (Å²) < 4.78 is 13.0. The second-order valence-corrected chi connectivity index (χ2v) is 2.63. The highest BCUT2D eigenvalue weighted by Crippen LogP contribution is 2.09. The number of halogens is 1. The van der Waals surface area contributed by atoms with Crippen molar-refractivity contribution in [2.24, 2.45) is 0 Å². The van der Waals surface area contributed by atoms with Crippen molar-refractivity contribution in [3.05, 3.63) is 23.5 Å². The van der Waals surface area contributed by atoms with Gasteiger partial charge in [-0.15, -0.1) is 0 Å². The summed E-state index contributed by atoms with van der Waals surface area (Å²) in [7, 11) is -1.81. The first-order chi connectivity index (χ1) is 5.52. The second kappa shape index (κ2) is 3.12. The maximum atomic E-state index is 13.0. The van der Waals surface area contributed by atoms with Gasteiger partial charge in [0.15, 0.2) is 0 Å². The van der Waals surface area contributed by atoms with Crippen molar-refractivity contribution in [2.45, 2.75) is 6.92 Å². The molecule has 0 spiro atoms. The quantitative estimate of drug-likeness (QED) is 0.388. The Hall–Kier alpha value is -1.07. The van der Waals surface area contributed by atoms with E-state index in [-0.39, 0.29) is 11.2 Å². The average molecular weight is 169 g/mol. The van der Waals surface area contributed by atoms with E-state index in [0.717, 1.165) is 0 Å². The van der Waals surface area contributed by atoms with Crippen molar-refractivity contribution in [2.75, 3.05) is 5.73 Å². The summed E-state index contributed by atoms with van der Waals surface area (Å²) in [4.78, 5) is 0. The Balaban J connectivity index is 3.28. The maximum Gasteiger partial charge on any atom is 0.491 e. The molecule has 64 valence electrons. The summed E-state index contributed by atoms with van der Waals surface area (Å²) in [6, 6.07) is 2.78. The van der Waals surface area contributed by atoms with Crippen molar-refractivity contribution in [1.29, 1.82) is 0 Å². The number of rotatable bonds is 1. The molecular weight excluding hydrogens is 160 g/mol. The minimum absolute atomic E-state index is 0.0712. The first-order valence-corrected chi connectivity index (χ1v) is 3.44. The molecule has 1 aromatic rings. The molecule has 0 bridgehead atoms. The van der Waals surface area contributed by atoms with Gasteiger partial charge in [-0.3, -0.25) is 0 Å². The van der Waals surface area contributed by atoms with Crippen LogP contribution in [0, 0.1) is 12.7 Å². The van der Waals surface area contributed by atoms with Gasteiger partial charge >= 0.3 is 7.12 Å². The van der Waals surface area contributed by atoms with Gasteiger partial charge in [-0.1, -0.05) is 6.07 Å². The normalized spacial score (nSPS) is 10.0. The van der Waals surface area contributed by atoms with Crippen LogP contribution in [0.25, 0.3) is 0 Å². The molecule has 3 nitrogen and oxygen atoms in total. The molecule has 0 saturated carbocycles. The van der Waals surface area contributed by atoms with Crippen LogP contribution in [-0.4, -0.2) is 17.2 Å². The van der Waals surface area contributed by atoms with Crippen LogP contribution in [0.4, 0.5) is 10.1 Å². The van der Waals surface area contributed by atoms with Crippen molar-refractivity contribution in [3.8, 4) is 0 Å². The first-order valence-electron chi connectivity index (χ1n) is 3.44. The van der Waals surface area contributed by atoms with E-state index in [2.05, 4.69) is 0 Å². The summed E-state index contributed by atoms with van der Waals surface area (Å²) in [5.41, 5.74) is 5.70. The van der Waals surface area contributed by atoms with Gasteiger partial charge in [0.05, 0.1) is 5.69 Å². The van der Waals surface area contributed by atoms with E-state index in [9.17, 15) is 4.39 Å². The highest BCUT2D eigenvalue weighted by Gasteiger charge is 2.18. The minimum atomic E-state index is -1.81. The average Bonchev–Trinajstić information content (AvgIpc) is 1.96. The van der Waals surface area contributed by atoms with E-state index in [1.165, 1.54) is 12.1 Å². The SMILES string of the molecule is Cc1cc(N)c(F)c(B(O)O)c1. The number of benzene rings is 1. The van der Waals surface area contributed by atoms with Crippen LogP contribution in [0.5, 0.6) is 0 Å². The van der Waals surface area contributed by atoms with E-state index >= 15 is 0 Å². The van der Waals surface area contributed by atoms with E-state index in [1.807, 2.05) is 0 Å². The topological polar surface area (TPSA) is 66.5 Å². The van der Waals surface area contributed by atoms with Crippen LogP contribution < -0.4 is 11.2 Å². The standard InChI is InChI=1S/C7H9BFNO2/c1-4-2-5(8(11)12)7(9)6(10)3-4/h2-3,11-12H,10H2,1H3. The fourth-order valence-electron chi connectivity index (χ4n) is 1.01. The summed E-state index contributed by atoms with van der Waals surface area (Å²) in [5.74, 6) is -0.768. The maximum absolute atomic E-state index is 13.0.